The summed E-state index contributed by atoms with van der Waals surface area (Å²) >= 11 is 5.37. The van der Waals surface area contributed by atoms with Crippen LogP contribution in [0.2, 0.25) is 0 Å². The molecule has 0 bridgehead atoms. The largest absolute Gasteiger partial charge is 0.324 e. The molecule has 0 heterocycles. The fourth-order valence-corrected chi connectivity index (χ4v) is 1.81. The Morgan fingerprint density at radius 3 is 2.12 bits per heavy atom. The third-order valence-corrected chi connectivity index (χ3v) is 2.82. The van der Waals surface area contributed by atoms with E-state index < -0.39 is 5.91 Å². The van der Waals surface area contributed by atoms with Crippen LogP contribution in [-0.2, 0) is 4.79 Å². The van der Waals surface area contributed by atoms with Gasteiger partial charge in [0.25, 0.3) is 0 Å². The summed E-state index contributed by atoms with van der Waals surface area (Å²) in [7, 11) is 0. The molecular formula is C12H23ClN2O2. The minimum atomic E-state index is -0.448. The van der Waals surface area contributed by atoms with Crippen LogP contribution in [-0.4, -0.2) is 35.3 Å². The Bertz CT molecular complexity index is 253. The van der Waals surface area contributed by atoms with Gasteiger partial charge in [-0.3, -0.25) is 10.1 Å². The quantitative estimate of drug-likeness (QED) is 0.748. The number of hydrogen-bond donors (Lipinski definition) is 1. The minimum Gasteiger partial charge on any atom is -0.321 e. The van der Waals surface area contributed by atoms with Crippen molar-refractivity contribution in [2.75, 3.05) is 12.4 Å². The summed E-state index contributed by atoms with van der Waals surface area (Å²) in [5.41, 5.74) is 0. The van der Waals surface area contributed by atoms with Gasteiger partial charge in [0, 0.05) is 12.6 Å². The number of carbonyl (C=O) groups excluding carboxylic acids is 2. The second kappa shape index (κ2) is 8.34. The van der Waals surface area contributed by atoms with Crippen LogP contribution in [0, 0.1) is 5.92 Å². The molecule has 0 fully saturated rings. The summed E-state index contributed by atoms with van der Waals surface area (Å²) in [6.45, 7) is 8.82. The van der Waals surface area contributed by atoms with Crippen molar-refractivity contribution in [2.45, 2.75) is 46.6 Å². The molecule has 0 atom stereocenters. The number of urea groups is 1. The Labute approximate surface area is 109 Å². The van der Waals surface area contributed by atoms with Crippen LogP contribution in [0.1, 0.15) is 40.5 Å². The highest BCUT2D eigenvalue weighted by molar-refractivity contribution is 6.28. The lowest BCUT2D eigenvalue weighted by atomic mass is 10.1. The third kappa shape index (κ3) is 5.91. The predicted molar refractivity (Wildman–Crippen MR) is 70.2 cm³/mol. The molecule has 0 aliphatic rings. The predicted octanol–water partition coefficient (Wildman–Crippen LogP) is 2.61. The van der Waals surface area contributed by atoms with Crippen molar-refractivity contribution in [3.63, 3.8) is 0 Å². The van der Waals surface area contributed by atoms with Gasteiger partial charge >= 0.3 is 6.03 Å². The maximum absolute atomic E-state index is 11.9. The molecule has 5 heteroatoms. The molecule has 4 nitrogen and oxygen atoms in total. The van der Waals surface area contributed by atoms with Crippen LogP contribution in [0.15, 0.2) is 0 Å². The molecule has 0 aliphatic carbocycles. The topological polar surface area (TPSA) is 49.4 Å². The fraction of sp³-hybridized carbons (Fsp3) is 0.833. The third-order valence-electron chi connectivity index (χ3n) is 2.57. The van der Waals surface area contributed by atoms with E-state index in [0.29, 0.717) is 12.5 Å². The number of rotatable bonds is 6. The summed E-state index contributed by atoms with van der Waals surface area (Å²) in [6.07, 6.45) is 1.76. The van der Waals surface area contributed by atoms with Crippen LogP contribution in [0.4, 0.5) is 4.79 Å². The summed E-state index contributed by atoms with van der Waals surface area (Å²) in [5.74, 6) is -0.270. The van der Waals surface area contributed by atoms with E-state index in [2.05, 4.69) is 5.32 Å². The summed E-state index contributed by atoms with van der Waals surface area (Å²) in [5, 5.41) is 2.30. The second-order valence-electron chi connectivity index (χ2n) is 4.50. The number of carbonyl (C=O) groups is 2. The maximum atomic E-state index is 11.9. The number of amides is 3. The molecule has 17 heavy (non-hydrogen) atoms. The molecule has 0 aromatic heterocycles. The lowest BCUT2D eigenvalue weighted by molar-refractivity contribution is -0.117. The molecule has 100 valence electrons. The van der Waals surface area contributed by atoms with Gasteiger partial charge in [0.1, 0.15) is 5.88 Å². The van der Waals surface area contributed by atoms with Crippen LogP contribution in [0.25, 0.3) is 0 Å². The zero-order chi connectivity index (χ0) is 13.4. The fourth-order valence-electron chi connectivity index (χ4n) is 1.75. The number of alkyl halides is 1. The van der Waals surface area contributed by atoms with Gasteiger partial charge in [0.15, 0.2) is 0 Å². The highest BCUT2D eigenvalue weighted by Gasteiger charge is 2.22. The van der Waals surface area contributed by atoms with E-state index in [1.165, 1.54) is 0 Å². The van der Waals surface area contributed by atoms with Crippen molar-refractivity contribution in [3.05, 3.63) is 0 Å². The first-order valence-electron chi connectivity index (χ1n) is 6.12. The van der Waals surface area contributed by atoms with E-state index in [4.69, 9.17) is 11.6 Å². The molecule has 0 saturated carbocycles. The Morgan fingerprint density at radius 2 is 1.76 bits per heavy atom. The zero-order valence-corrected chi connectivity index (χ0v) is 11.9. The Hall–Kier alpha value is -0.770. The summed E-state index contributed by atoms with van der Waals surface area (Å²) < 4.78 is 0. The Balaban J connectivity index is 4.65. The van der Waals surface area contributed by atoms with Crippen LogP contribution in [0.3, 0.4) is 0 Å². The van der Waals surface area contributed by atoms with Crippen molar-refractivity contribution >= 4 is 23.5 Å². The van der Waals surface area contributed by atoms with Crippen molar-refractivity contribution in [1.29, 1.82) is 0 Å². The van der Waals surface area contributed by atoms with Crippen LogP contribution >= 0.6 is 11.6 Å². The normalized spacial score (nSPS) is 10.8. The molecule has 0 aliphatic heterocycles. The van der Waals surface area contributed by atoms with Crippen LogP contribution in [0.5, 0.6) is 0 Å². The Morgan fingerprint density at radius 1 is 1.24 bits per heavy atom. The lowest BCUT2D eigenvalue weighted by Crippen LogP contribution is -2.49. The SMILES string of the molecule is CCC(CC)N(CC(C)C)C(=O)NC(=O)CCl. The molecular weight excluding hydrogens is 240 g/mol. The zero-order valence-electron chi connectivity index (χ0n) is 11.1. The standard InChI is InChI=1S/C12H23ClN2O2/c1-5-10(6-2)15(8-9(3)4)12(17)14-11(16)7-13/h9-10H,5-8H2,1-4H3,(H,14,16,17). The van der Waals surface area contributed by atoms with Crippen molar-refractivity contribution in [3.8, 4) is 0 Å². The number of nitrogens with zero attached hydrogens (tertiary/aromatic N) is 1. The first-order valence-corrected chi connectivity index (χ1v) is 6.66. The van der Waals surface area contributed by atoms with Crippen LogP contribution < -0.4 is 5.32 Å². The first-order chi connectivity index (χ1) is 7.96. The van der Waals surface area contributed by atoms with Gasteiger partial charge in [0.05, 0.1) is 0 Å². The van der Waals surface area contributed by atoms with E-state index in [-0.39, 0.29) is 18.0 Å². The van der Waals surface area contributed by atoms with Gasteiger partial charge in [-0.2, -0.15) is 0 Å². The monoisotopic (exact) mass is 262 g/mol. The molecule has 0 aromatic carbocycles. The number of imide groups is 1. The lowest BCUT2D eigenvalue weighted by Gasteiger charge is -2.31. The first kappa shape index (κ1) is 16.2. The highest BCUT2D eigenvalue weighted by Crippen LogP contribution is 2.11. The van der Waals surface area contributed by atoms with Gasteiger partial charge in [-0.05, 0) is 18.8 Å². The average Bonchev–Trinajstić information content (AvgIpc) is 2.28. The molecule has 0 rings (SSSR count). The summed E-state index contributed by atoms with van der Waals surface area (Å²) in [6, 6.07) is -0.168. The van der Waals surface area contributed by atoms with Gasteiger partial charge in [-0.15, -0.1) is 11.6 Å². The van der Waals surface area contributed by atoms with Gasteiger partial charge in [0.2, 0.25) is 5.91 Å². The van der Waals surface area contributed by atoms with Gasteiger partial charge < -0.3 is 4.90 Å². The Kier molecular flexibility index (Phi) is 7.96. The van der Waals surface area contributed by atoms with Crippen molar-refractivity contribution in [2.24, 2.45) is 5.92 Å². The summed E-state index contributed by atoms with van der Waals surface area (Å²) in [4.78, 5) is 24.8. The average molecular weight is 263 g/mol. The molecule has 0 spiro atoms. The smallest absolute Gasteiger partial charge is 0.321 e. The van der Waals surface area contributed by atoms with Gasteiger partial charge in [-0.1, -0.05) is 27.7 Å². The second-order valence-corrected chi connectivity index (χ2v) is 4.77. The molecule has 1 N–H and O–H groups in total. The van der Waals surface area contributed by atoms with E-state index >= 15 is 0 Å². The number of hydrogen-bond acceptors (Lipinski definition) is 2. The van der Waals surface area contributed by atoms with E-state index in [9.17, 15) is 9.59 Å². The van der Waals surface area contributed by atoms with Gasteiger partial charge in [-0.25, -0.2) is 4.79 Å². The van der Waals surface area contributed by atoms with Crippen molar-refractivity contribution in [1.82, 2.24) is 10.2 Å². The highest BCUT2D eigenvalue weighted by atomic mass is 35.5. The maximum Gasteiger partial charge on any atom is 0.324 e. The van der Waals surface area contributed by atoms with E-state index in [1.54, 1.807) is 4.90 Å². The molecule has 0 unspecified atom stereocenters. The molecule has 0 saturated heterocycles. The van der Waals surface area contributed by atoms with E-state index in [1.807, 2.05) is 27.7 Å². The van der Waals surface area contributed by atoms with E-state index in [0.717, 1.165) is 12.8 Å². The number of halogens is 1. The van der Waals surface area contributed by atoms with Crippen molar-refractivity contribution < 1.29 is 9.59 Å². The molecule has 3 amide bonds. The molecule has 0 radical (unpaired) electrons. The molecule has 0 aromatic rings. The minimum absolute atomic E-state index is 0.167. The number of nitrogens with one attached hydrogen (secondary N) is 1.